The summed E-state index contributed by atoms with van der Waals surface area (Å²) in [6, 6.07) is 13.4. The number of nitrogens with zero attached hydrogens (tertiary/aromatic N) is 2. The van der Waals surface area contributed by atoms with Crippen molar-refractivity contribution in [2.24, 2.45) is 10.2 Å². The summed E-state index contributed by atoms with van der Waals surface area (Å²) in [5, 5.41) is 8.17. The van der Waals surface area contributed by atoms with Crippen molar-refractivity contribution in [1.29, 1.82) is 0 Å². The van der Waals surface area contributed by atoms with Gasteiger partial charge in [0.1, 0.15) is 0 Å². The topological polar surface area (TPSA) is 82.9 Å². The molecule has 0 saturated carbocycles. The number of benzene rings is 1. The highest BCUT2D eigenvalue weighted by molar-refractivity contribution is 7.18. The number of carbonyl (C=O) groups excluding carboxylic acids is 2. The van der Waals surface area contributed by atoms with Gasteiger partial charge in [-0.2, -0.15) is 10.2 Å². The minimum Gasteiger partial charge on any atom is -0.267 e. The molecule has 6 nitrogen and oxygen atoms in total. The van der Waals surface area contributed by atoms with Gasteiger partial charge in [-0.25, -0.2) is 10.9 Å². The molecule has 0 aliphatic rings. The van der Waals surface area contributed by atoms with Crippen molar-refractivity contribution >= 4 is 69.1 Å². The van der Waals surface area contributed by atoms with E-state index in [1.807, 2.05) is 12.1 Å². The molecule has 2 heterocycles. The Bertz CT molecular complexity index is 1040. The number of halogens is 2. The van der Waals surface area contributed by atoms with Gasteiger partial charge in [0.25, 0.3) is 11.8 Å². The second kappa shape index (κ2) is 9.99. The Morgan fingerprint density at radius 3 is 1.37 bits per heavy atom. The maximum absolute atomic E-state index is 12.3. The van der Waals surface area contributed by atoms with Crippen LogP contribution < -0.4 is 10.9 Å². The van der Waals surface area contributed by atoms with Gasteiger partial charge >= 0.3 is 0 Å². The molecule has 0 bridgehead atoms. The Morgan fingerprint density at radius 2 is 1.07 bits per heavy atom. The number of nitrogens with one attached hydrogen (secondary N) is 2. The van der Waals surface area contributed by atoms with E-state index in [1.165, 1.54) is 22.7 Å². The van der Waals surface area contributed by atoms with Crippen LogP contribution in [0.15, 0.2) is 58.7 Å². The van der Waals surface area contributed by atoms with Gasteiger partial charge in [-0.1, -0.05) is 23.2 Å². The van der Waals surface area contributed by atoms with Crippen LogP contribution in [0.25, 0.3) is 0 Å². The minimum atomic E-state index is -0.382. The van der Waals surface area contributed by atoms with Gasteiger partial charge in [0.2, 0.25) is 0 Å². The van der Waals surface area contributed by atoms with E-state index >= 15 is 0 Å². The van der Waals surface area contributed by atoms with Crippen LogP contribution in [0.5, 0.6) is 0 Å². The summed E-state index contributed by atoms with van der Waals surface area (Å²) in [7, 11) is 0. The predicted molar refractivity (Wildman–Crippen MR) is 124 cm³/mol. The Balaban J connectivity index is 1.59. The lowest BCUT2D eigenvalue weighted by molar-refractivity contribution is 0.0943. The van der Waals surface area contributed by atoms with E-state index in [1.54, 1.807) is 50.2 Å². The average Bonchev–Trinajstić information content (AvgIpc) is 3.38. The van der Waals surface area contributed by atoms with E-state index in [9.17, 15) is 9.59 Å². The van der Waals surface area contributed by atoms with Gasteiger partial charge in [-0.15, -0.1) is 22.7 Å². The third-order valence-corrected chi connectivity index (χ3v) is 6.60. The van der Waals surface area contributed by atoms with Crippen molar-refractivity contribution in [2.45, 2.75) is 13.8 Å². The predicted octanol–water partition coefficient (Wildman–Crippen LogP) is 5.42. The van der Waals surface area contributed by atoms with Crippen LogP contribution in [0, 0.1) is 0 Å². The van der Waals surface area contributed by atoms with Gasteiger partial charge in [0, 0.05) is 11.1 Å². The minimum absolute atomic E-state index is 0.375. The molecular formula is C20H16Cl2N4O2S2. The third kappa shape index (κ3) is 5.76. The summed E-state index contributed by atoms with van der Waals surface area (Å²) in [5.74, 6) is -0.764. The second-order valence-corrected chi connectivity index (χ2v) is 9.49. The number of carbonyl (C=O) groups is 2. The van der Waals surface area contributed by atoms with Crippen LogP contribution in [0.3, 0.4) is 0 Å². The standard InChI is InChI=1S/C20H16Cl2N4O2S2/c1-11(15-7-9-17(21)29-15)23-25-19(27)13-3-5-14(6-4-13)20(28)26-24-12(2)16-8-10-18(22)30-16/h3-10H,1-2H3,(H,25,27)(H,26,28). The third-order valence-electron chi connectivity index (χ3n) is 3.92. The van der Waals surface area contributed by atoms with Crippen LogP contribution in [0.1, 0.15) is 44.3 Å². The van der Waals surface area contributed by atoms with Crippen LogP contribution in [0.4, 0.5) is 0 Å². The first kappa shape index (κ1) is 22.2. The van der Waals surface area contributed by atoms with Gasteiger partial charge in [0.05, 0.1) is 29.9 Å². The van der Waals surface area contributed by atoms with Crippen molar-refractivity contribution in [1.82, 2.24) is 10.9 Å². The Morgan fingerprint density at radius 1 is 0.700 bits per heavy atom. The molecule has 3 aromatic rings. The van der Waals surface area contributed by atoms with E-state index < -0.39 is 0 Å². The van der Waals surface area contributed by atoms with Gasteiger partial charge in [-0.3, -0.25) is 9.59 Å². The smallest absolute Gasteiger partial charge is 0.267 e. The Hall–Kier alpha value is -2.52. The van der Waals surface area contributed by atoms with Crippen LogP contribution in [0.2, 0.25) is 8.67 Å². The molecule has 3 rings (SSSR count). The number of rotatable bonds is 6. The zero-order valence-corrected chi connectivity index (χ0v) is 19.0. The highest BCUT2D eigenvalue weighted by Gasteiger charge is 2.10. The average molecular weight is 479 g/mol. The van der Waals surface area contributed by atoms with E-state index in [4.69, 9.17) is 23.2 Å². The van der Waals surface area contributed by atoms with E-state index in [2.05, 4.69) is 21.1 Å². The van der Waals surface area contributed by atoms with E-state index in [0.717, 1.165) is 9.75 Å². The summed E-state index contributed by atoms with van der Waals surface area (Å²) in [4.78, 5) is 26.3. The number of hydrogen-bond donors (Lipinski definition) is 2. The van der Waals surface area contributed by atoms with Crippen molar-refractivity contribution in [2.75, 3.05) is 0 Å². The van der Waals surface area contributed by atoms with Crippen LogP contribution in [-0.4, -0.2) is 23.2 Å². The molecular weight excluding hydrogens is 463 g/mol. The molecule has 2 amide bonds. The molecule has 154 valence electrons. The van der Waals surface area contributed by atoms with Crippen molar-refractivity contribution in [3.63, 3.8) is 0 Å². The molecule has 0 spiro atoms. The maximum atomic E-state index is 12.3. The van der Waals surface area contributed by atoms with Gasteiger partial charge < -0.3 is 0 Å². The Kier molecular flexibility index (Phi) is 7.38. The van der Waals surface area contributed by atoms with E-state index in [0.29, 0.717) is 31.2 Å². The molecule has 0 atom stereocenters. The zero-order chi connectivity index (χ0) is 21.7. The molecule has 0 aliphatic heterocycles. The number of hydrogen-bond acceptors (Lipinski definition) is 6. The summed E-state index contributed by atoms with van der Waals surface area (Å²) in [6.45, 7) is 3.56. The molecule has 0 aliphatic carbocycles. The monoisotopic (exact) mass is 478 g/mol. The van der Waals surface area contributed by atoms with Crippen molar-refractivity contribution in [3.05, 3.63) is 78.1 Å². The quantitative estimate of drug-likeness (QED) is 0.365. The second-order valence-electron chi connectivity index (χ2n) is 6.06. The summed E-state index contributed by atoms with van der Waals surface area (Å²) < 4.78 is 1.30. The molecule has 10 heteroatoms. The molecule has 0 fully saturated rings. The molecule has 0 saturated heterocycles. The highest BCUT2D eigenvalue weighted by atomic mass is 35.5. The lowest BCUT2D eigenvalue weighted by atomic mass is 10.1. The van der Waals surface area contributed by atoms with E-state index in [-0.39, 0.29) is 11.8 Å². The van der Waals surface area contributed by atoms with Crippen LogP contribution in [-0.2, 0) is 0 Å². The fourth-order valence-electron chi connectivity index (χ4n) is 2.30. The molecule has 0 radical (unpaired) electrons. The Labute approximate surface area is 191 Å². The highest BCUT2D eigenvalue weighted by Crippen LogP contribution is 2.22. The molecule has 0 unspecified atom stereocenters. The number of thiophene rings is 2. The van der Waals surface area contributed by atoms with Gasteiger partial charge in [0.15, 0.2) is 0 Å². The summed E-state index contributed by atoms with van der Waals surface area (Å²) in [6.07, 6.45) is 0. The SMILES string of the molecule is CC(=NNC(=O)c1ccc(C(=O)NN=C(C)c2ccc(Cl)s2)cc1)c1ccc(Cl)s1. The fourth-order valence-corrected chi connectivity index (χ4v) is 4.27. The normalized spacial score (nSPS) is 12.0. The lowest BCUT2D eigenvalue weighted by Gasteiger charge is -2.04. The maximum Gasteiger partial charge on any atom is 0.271 e. The molecule has 1 aromatic carbocycles. The summed E-state index contributed by atoms with van der Waals surface area (Å²) in [5.41, 5.74) is 7.04. The largest absolute Gasteiger partial charge is 0.271 e. The number of amides is 2. The lowest BCUT2D eigenvalue weighted by Crippen LogP contribution is -2.21. The van der Waals surface area contributed by atoms with Crippen molar-refractivity contribution < 1.29 is 9.59 Å². The van der Waals surface area contributed by atoms with Crippen LogP contribution >= 0.6 is 45.9 Å². The molecule has 2 N–H and O–H groups in total. The van der Waals surface area contributed by atoms with Gasteiger partial charge in [-0.05, 0) is 62.4 Å². The number of hydrazone groups is 2. The summed E-state index contributed by atoms with van der Waals surface area (Å²) >= 11 is 14.6. The fraction of sp³-hybridized carbons (Fsp3) is 0.100. The first-order valence-corrected chi connectivity index (χ1v) is 11.0. The molecule has 2 aromatic heterocycles. The first-order valence-electron chi connectivity index (χ1n) is 8.64. The molecule has 30 heavy (non-hydrogen) atoms. The van der Waals surface area contributed by atoms with Crippen molar-refractivity contribution in [3.8, 4) is 0 Å². The first-order chi connectivity index (χ1) is 14.3. The zero-order valence-electron chi connectivity index (χ0n) is 15.9.